The molecule has 1 saturated heterocycles. The van der Waals surface area contributed by atoms with E-state index in [1.165, 1.54) is 47.9 Å². The van der Waals surface area contributed by atoms with Crippen molar-refractivity contribution in [2.75, 3.05) is 37.6 Å². The maximum atomic E-state index is 13.1. The van der Waals surface area contributed by atoms with Gasteiger partial charge in [0.05, 0.1) is 0 Å². The second-order valence-electron chi connectivity index (χ2n) is 9.30. The van der Waals surface area contributed by atoms with Gasteiger partial charge in [-0.1, -0.05) is 30.3 Å². The molecular weight excluding hydrogens is 482 g/mol. The number of halogens is 3. The van der Waals surface area contributed by atoms with E-state index in [1.54, 1.807) is 12.1 Å². The highest BCUT2D eigenvalue weighted by atomic mass is 35.5. The van der Waals surface area contributed by atoms with E-state index in [9.17, 15) is 4.39 Å². The summed E-state index contributed by atoms with van der Waals surface area (Å²) >= 11 is 0. The largest absolute Gasteiger partial charge is 0.489 e. The Labute approximate surface area is 221 Å². The van der Waals surface area contributed by atoms with Gasteiger partial charge in [0.15, 0.2) is 0 Å². The summed E-state index contributed by atoms with van der Waals surface area (Å²) in [5.41, 5.74) is 6.66. The van der Waals surface area contributed by atoms with Crippen LogP contribution in [0, 0.1) is 5.82 Å². The van der Waals surface area contributed by atoms with Crippen molar-refractivity contribution in [1.82, 2.24) is 4.90 Å². The van der Waals surface area contributed by atoms with Crippen LogP contribution in [0.25, 0.3) is 0 Å². The number of hydrogen-bond acceptors (Lipinski definition) is 3. The van der Waals surface area contributed by atoms with Crippen LogP contribution >= 0.6 is 24.8 Å². The Balaban J connectivity index is 0.00000171. The zero-order chi connectivity index (χ0) is 22.5. The van der Waals surface area contributed by atoms with Crippen LogP contribution in [0.4, 0.5) is 10.1 Å². The average molecular weight is 518 g/mol. The molecule has 0 aromatic heterocycles. The van der Waals surface area contributed by atoms with Crippen molar-refractivity contribution < 1.29 is 9.13 Å². The summed E-state index contributed by atoms with van der Waals surface area (Å²) in [5, 5.41) is 0. The third kappa shape index (κ3) is 7.36. The predicted octanol–water partition coefficient (Wildman–Crippen LogP) is 6.49. The Morgan fingerprint density at radius 1 is 0.714 bits per heavy atom. The number of fused-ring (bicyclic) bond motifs is 1. The third-order valence-corrected chi connectivity index (χ3v) is 7.03. The van der Waals surface area contributed by atoms with Gasteiger partial charge in [0, 0.05) is 38.4 Å². The Kier molecular flexibility index (Phi) is 10.3. The minimum absolute atomic E-state index is 0. The number of nitrogens with zero attached hydrogens (tertiary/aromatic N) is 2. The minimum atomic E-state index is -0.173. The summed E-state index contributed by atoms with van der Waals surface area (Å²) in [5.74, 6) is 0.813. The highest BCUT2D eigenvalue weighted by Gasteiger charge is 2.17. The highest BCUT2D eigenvalue weighted by molar-refractivity contribution is 5.85. The molecule has 0 spiro atoms. The van der Waals surface area contributed by atoms with Crippen LogP contribution in [-0.2, 0) is 25.9 Å². The number of hydrogen-bond donors (Lipinski definition) is 0. The molecule has 0 saturated carbocycles. The summed E-state index contributed by atoms with van der Waals surface area (Å²) in [6.07, 6.45) is 6.06. The summed E-state index contributed by atoms with van der Waals surface area (Å²) in [6.45, 7) is 5.76. The molecule has 3 nitrogen and oxygen atoms in total. The molecule has 0 unspecified atom stereocenters. The standard InChI is InChI=1S/C29H33FN2O.2ClH/c30-27-10-12-28(13-11-27)32-19-17-31(18-20-32)16-15-23-5-7-24(8-6-23)22-33-29-14-9-25-3-1-2-4-26(25)21-29;;/h5-14,21H,1-4,15-20,22H2;2*1H. The predicted molar refractivity (Wildman–Crippen MR) is 147 cm³/mol. The fourth-order valence-electron chi connectivity index (χ4n) is 4.94. The first-order valence-electron chi connectivity index (χ1n) is 12.3. The number of rotatable bonds is 7. The van der Waals surface area contributed by atoms with Crippen molar-refractivity contribution in [3.8, 4) is 5.75 Å². The first-order valence-corrected chi connectivity index (χ1v) is 12.3. The molecule has 1 fully saturated rings. The van der Waals surface area contributed by atoms with Crippen molar-refractivity contribution >= 4 is 30.5 Å². The third-order valence-electron chi connectivity index (χ3n) is 7.03. The van der Waals surface area contributed by atoms with Gasteiger partial charge < -0.3 is 9.64 Å². The van der Waals surface area contributed by atoms with Crippen molar-refractivity contribution in [3.63, 3.8) is 0 Å². The van der Waals surface area contributed by atoms with Gasteiger partial charge in [0.1, 0.15) is 18.2 Å². The molecule has 3 aromatic carbocycles. The zero-order valence-corrected chi connectivity index (χ0v) is 21.8. The maximum absolute atomic E-state index is 13.1. The summed E-state index contributed by atoms with van der Waals surface area (Å²) < 4.78 is 19.2. The van der Waals surface area contributed by atoms with Gasteiger partial charge in [-0.3, -0.25) is 4.90 Å². The first-order chi connectivity index (χ1) is 16.2. The SMILES string of the molecule is Cl.Cl.Fc1ccc(N2CCN(CCc3ccc(COc4ccc5c(c4)CCCC5)cc3)CC2)cc1. The Morgan fingerprint density at radius 2 is 1.37 bits per heavy atom. The molecule has 2 aliphatic rings. The van der Waals surface area contributed by atoms with Crippen molar-refractivity contribution in [1.29, 1.82) is 0 Å². The molecule has 5 rings (SSSR count). The lowest BCUT2D eigenvalue weighted by Gasteiger charge is -2.36. The van der Waals surface area contributed by atoms with E-state index in [2.05, 4.69) is 52.3 Å². The topological polar surface area (TPSA) is 15.7 Å². The van der Waals surface area contributed by atoms with E-state index in [4.69, 9.17) is 4.74 Å². The van der Waals surface area contributed by atoms with Crippen LogP contribution in [0.3, 0.4) is 0 Å². The fourth-order valence-corrected chi connectivity index (χ4v) is 4.94. The van der Waals surface area contributed by atoms with Gasteiger partial charge >= 0.3 is 0 Å². The molecule has 0 N–H and O–H groups in total. The Morgan fingerprint density at radius 3 is 2.09 bits per heavy atom. The quantitative estimate of drug-likeness (QED) is 0.356. The van der Waals surface area contributed by atoms with E-state index < -0.39 is 0 Å². The van der Waals surface area contributed by atoms with Gasteiger partial charge in [-0.25, -0.2) is 4.39 Å². The summed E-state index contributed by atoms with van der Waals surface area (Å²) in [6, 6.07) is 22.3. The van der Waals surface area contributed by atoms with E-state index in [0.717, 1.165) is 50.6 Å². The first kappa shape index (κ1) is 27.3. The van der Waals surface area contributed by atoms with Crippen molar-refractivity contribution in [2.24, 2.45) is 0 Å². The van der Waals surface area contributed by atoms with Crippen LogP contribution < -0.4 is 9.64 Å². The van der Waals surface area contributed by atoms with Gasteiger partial charge in [-0.2, -0.15) is 0 Å². The molecule has 3 aromatic rings. The monoisotopic (exact) mass is 516 g/mol. The molecule has 0 atom stereocenters. The Hall–Kier alpha value is -2.27. The molecule has 0 radical (unpaired) electrons. The number of aryl methyl sites for hydroxylation is 2. The molecule has 0 bridgehead atoms. The molecular formula is C29H35Cl2FN2O. The lowest BCUT2D eigenvalue weighted by molar-refractivity contribution is 0.261. The molecule has 0 amide bonds. The lowest BCUT2D eigenvalue weighted by Crippen LogP contribution is -2.47. The molecule has 1 heterocycles. The van der Waals surface area contributed by atoms with Gasteiger partial charge in [0.2, 0.25) is 0 Å². The van der Waals surface area contributed by atoms with Crippen LogP contribution in [0.2, 0.25) is 0 Å². The van der Waals surface area contributed by atoms with E-state index >= 15 is 0 Å². The van der Waals surface area contributed by atoms with Gasteiger partial charge in [-0.05, 0) is 90.8 Å². The van der Waals surface area contributed by atoms with E-state index in [1.807, 2.05) is 12.1 Å². The highest BCUT2D eigenvalue weighted by Crippen LogP contribution is 2.26. The minimum Gasteiger partial charge on any atom is -0.489 e. The summed E-state index contributed by atoms with van der Waals surface area (Å²) in [7, 11) is 0. The molecule has 1 aliphatic heterocycles. The molecule has 6 heteroatoms. The van der Waals surface area contributed by atoms with E-state index in [0.29, 0.717) is 6.61 Å². The summed E-state index contributed by atoms with van der Waals surface area (Å²) in [4.78, 5) is 4.86. The van der Waals surface area contributed by atoms with Crippen LogP contribution in [0.5, 0.6) is 5.75 Å². The smallest absolute Gasteiger partial charge is 0.123 e. The Bertz CT molecular complexity index is 1050. The van der Waals surface area contributed by atoms with Crippen LogP contribution in [0.1, 0.15) is 35.1 Å². The normalized spacial score (nSPS) is 15.5. The van der Waals surface area contributed by atoms with Gasteiger partial charge in [-0.15, -0.1) is 24.8 Å². The maximum Gasteiger partial charge on any atom is 0.123 e. The van der Waals surface area contributed by atoms with E-state index in [-0.39, 0.29) is 30.6 Å². The van der Waals surface area contributed by atoms with Crippen LogP contribution in [-0.4, -0.2) is 37.6 Å². The second-order valence-corrected chi connectivity index (χ2v) is 9.30. The van der Waals surface area contributed by atoms with Crippen molar-refractivity contribution in [3.05, 3.63) is 94.8 Å². The zero-order valence-electron chi connectivity index (χ0n) is 20.1. The van der Waals surface area contributed by atoms with Crippen molar-refractivity contribution in [2.45, 2.75) is 38.7 Å². The number of piperazine rings is 1. The van der Waals surface area contributed by atoms with Gasteiger partial charge in [0.25, 0.3) is 0 Å². The number of anilines is 1. The lowest BCUT2D eigenvalue weighted by atomic mass is 9.92. The second kappa shape index (κ2) is 13.2. The fraction of sp³-hybridized carbons (Fsp3) is 0.379. The molecule has 1 aliphatic carbocycles. The van der Waals surface area contributed by atoms with Crippen LogP contribution in [0.15, 0.2) is 66.7 Å². The molecule has 35 heavy (non-hydrogen) atoms. The average Bonchev–Trinajstić information content (AvgIpc) is 2.87. The number of benzene rings is 3. The molecule has 188 valence electrons. The number of ether oxygens (including phenoxy) is 1.